The van der Waals surface area contributed by atoms with Crippen molar-refractivity contribution in [2.24, 2.45) is 0 Å². The van der Waals surface area contributed by atoms with Gasteiger partial charge in [0.15, 0.2) is 0 Å². The Labute approximate surface area is 233 Å². The van der Waals surface area contributed by atoms with Crippen molar-refractivity contribution in [1.82, 2.24) is 0 Å². The van der Waals surface area contributed by atoms with E-state index in [0.717, 1.165) is 0 Å². The fraction of sp³-hybridized carbons (Fsp3) is 1.00. The molecule has 0 saturated heterocycles. The Bertz CT molecular complexity index is 484. The maximum absolute atomic E-state index is 12.8. The van der Waals surface area contributed by atoms with Crippen molar-refractivity contribution in [3.63, 3.8) is 0 Å². The molecule has 2 N–H and O–H groups in total. The summed E-state index contributed by atoms with van der Waals surface area (Å²) >= 11 is 0.614. The van der Waals surface area contributed by atoms with Gasteiger partial charge in [0.25, 0.3) is 0 Å². The van der Waals surface area contributed by atoms with Crippen molar-refractivity contribution in [2.45, 2.75) is 133 Å². The van der Waals surface area contributed by atoms with E-state index in [1.807, 2.05) is 0 Å². The van der Waals surface area contributed by atoms with E-state index < -0.39 is 73.4 Å². The van der Waals surface area contributed by atoms with E-state index in [-0.39, 0.29) is 6.42 Å². The number of aliphatic hydroxyl groups is 2. The van der Waals surface area contributed by atoms with Crippen molar-refractivity contribution in [3.8, 4) is 0 Å². The van der Waals surface area contributed by atoms with Crippen LogP contribution in [0.15, 0.2) is 0 Å². The van der Waals surface area contributed by atoms with E-state index in [4.69, 9.17) is 10.2 Å². The van der Waals surface area contributed by atoms with Crippen molar-refractivity contribution in [2.75, 3.05) is 13.2 Å². The summed E-state index contributed by atoms with van der Waals surface area (Å²) < 4.78 is 100. The van der Waals surface area contributed by atoms with Crippen LogP contribution in [0.5, 0.6) is 0 Å². The van der Waals surface area contributed by atoms with Gasteiger partial charge in [-0.2, -0.15) is 26.3 Å². The first-order chi connectivity index (χ1) is 16.4. The Kier molecular flexibility index (Phi) is 24.9. The Hall–Kier alpha value is 0.889. The van der Waals surface area contributed by atoms with Crippen LogP contribution in [0.4, 0.5) is 35.1 Å². The van der Waals surface area contributed by atoms with Crippen LogP contribution >= 0.6 is 22.6 Å². The predicted octanol–water partition coefficient (Wildman–Crippen LogP) is 9.13. The number of unbranched alkanes of at least 4 members (excludes halogenated alkanes) is 3. The number of hydrogen-bond donors (Lipinski definition) is 2. The average Bonchev–Trinajstić information content (AvgIpc) is 2.76. The first-order valence-corrected chi connectivity index (χ1v) is 21.0. The second kappa shape index (κ2) is 21.7. The second-order valence-electron chi connectivity index (χ2n) is 9.49. The third-order valence-electron chi connectivity index (χ3n) is 5.69. The van der Waals surface area contributed by atoms with Crippen LogP contribution in [0.25, 0.3) is 0 Å². The molecular formula is C24H47F8IO2Sn. The van der Waals surface area contributed by atoms with Gasteiger partial charge in [0.1, 0.15) is 0 Å². The van der Waals surface area contributed by atoms with Crippen LogP contribution in [0.1, 0.15) is 92.4 Å². The molecule has 0 fully saturated rings. The zero-order valence-corrected chi connectivity index (χ0v) is 27.8. The molecule has 2 nitrogen and oxygen atoms in total. The average molecular weight is 765 g/mol. The topological polar surface area (TPSA) is 40.5 Å². The molecule has 0 radical (unpaired) electrons. The van der Waals surface area contributed by atoms with E-state index in [1.54, 1.807) is 35.9 Å². The standard InChI is InChI=1S/C6H9F4IO.C6H10F4O.3C4H9.Sn.H/c1-5(7,6(8,9)10)2-4(11)3-12;1-5(7,3-2-4-11)6(8,9)10;3*1-3-4-2;;/h4,12H,2-3H2,1H3;11H,2-4H2,1H3;3*1,3-4H2,2H3;;. The Morgan fingerprint density at radius 2 is 1.03 bits per heavy atom. The molecule has 222 valence electrons. The summed E-state index contributed by atoms with van der Waals surface area (Å²) in [6.45, 7) is 7.09. The second-order valence-corrected chi connectivity index (χ2v) is 21.1. The molecule has 0 rings (SSSR count). The van der Waals surface area contributed by atoms with E-state index in [1.165, 1.54) is 38.5 Å². The molecule has 3 atom stereocenters. The third-order valence-corrected chi connectivity index (χ3v) is 17.0. The zero-order chi connectivity index (χ0) is 29.1. The molecule has 3 unspecified atom stereocenters. The maximum atomic E-state index is 12.8. The molecule has 0 aliphatic rings. The molecule has 0 aromatic carbocycles. The number of hydrogen-bond acceptors (Lipinski definition) is 2. The molecule has 0 heterocycles. The summed E-state index contributed by atoms with van der Waals surface area (Å²) in [6, 6.07) is 0. The predicted molar refractivity (Wildman–Crippen MR) is 143 cm³/mol. The van der Waals surface area contributed by atoms with Gasteiger partial charge in [0, 0.05) is 17.0 Å². The summed E-state index contributed by atoms with van der Waals surface area (Å²) in [5, 5.41) is 16.6. The molecule has 0 amide bonds. The van der Waals surface area contributed by atoms with Gasteiger partial charge in [-0.25, -0.2) is 8.78 Å². The van der Waals surface area contributed by atoms with Gasteiger partial charge in [-0.05, 0) is 26.7 Å². The summed E-state index contributed by atoms with van der Waals surface area (Å²) in [5.74, 6) is 0. The Morgan fingerprint density at radius 3 is 1.28 bits per heavy atom. The van der Waals surface area contributed by atoms with Gasteiger partial charge in [-0.3, -0.25) is 0 Å². The summed E-state index contributed by atoms with van der Waals surface area (Å²) in [7, 11) is 0. The van der Waals surface area contributed by atoms with Gasteiger partial charge in [0.05, 0.1) is 6.61 Å². The number of rotatable bonds is 15. The van der Waals surface area contributed by atoms with Crippen molar-refractivity contribution in [3.05, 3.63) is 0 Å². The van der Waals surface area contributed by atoms with Crippen LogP contribution in [-0.2, 0) is 0 Å². The minimum atomic E-state index is -4.86. The molecule has 0 aliphatic carbocycles. The quantitative estimate of drug-likeness (QED) is 0.0757. The van der Waals surface area contributed by atoms with Gasteiger partial charge in [0.2, 0.25) is 11.3 Å². The van der Waals surface area contributed by atoms with Gasteiger partial charge >= 0.3 is 105 Å². The molecule has 12 heteroatoms. The molecule has 0 aromatic heterocycles. The Morgan fingerprint density at radius 1 is 0.667 bits per heavy atom. The molecule has 0 aliphatic heterocycles. The molecule has 0 bridgehead atoms. The van der Waals surface area contributed by atoms with Gasteiger partial charge in [-0.1, -0.05) is 22.6 Å². The zero-order valence-electron chi connectivity index (χ0n) is 22.4. The SMILES string of the molecule is CC(F)(CC(I)CO)C(F)(F)F.CC(F)(CCCO)C(F)(F)F.CCC[CH2][SnH]([CH2]CCC)[CH2]CCC. The fourth-order valence-corrected chi connectivity index (χ4v) is 14.8. The minimum absolute atomic E-state index is 0.174. The van der Waals surface area contributed by atoms with E-state index >= 15 is 0 Å². The monoisotopic (exact) mass is 766 g/mol. The van der Waals surface area contributed by atoms with Crippen molar-refractivity contribution in [1.29, 1.82) is 0 Å². The summed E-state index contributed by atoms with van der Waals surface area (Å²) in [5.41, 5.74) is -6.38. The van der Waals surface area contributed by atoms with Crippen molar-refractivity contribution < 1.29 is 45.3 Å². The molecule has 0 spiro atoms. The van der Waals surface area contributed by atoms with Crippen LogP contribution in [0, 0.1) is 0 Å². The van der Waals surface area contributed by atoms with Crippen LogP contribution in [0.2, 0.25) is 13.3 Å². The van der Waals surface area contributed by atoms with Crippen LogP contribution in [0.3, 0.4) is 0 Å². The van der Waals surface area contributed by atoms with E-state index in [9.17, 15) is 35.1 Å². The number of aliphatic hydroxyl groups excluding tert-OH is 2. The van der Waals surface area contributed by atoms with Crippen LogP contribution in [-0.4, -0.2) is 70.8 Å². The fourth-order valence-electron chi connectivity index (χ4n) is 3.06. The first-order valence-electron chi connectivity index (χ1n) is 12.7. The number of alkyl halides is 9. The molecule has 36 heavy (non-hydrogen) atoms. The van der Waals surface area contributed by atoms with E-state index in [0.29, 0.717) is 13.8 Å². The normalized spacial score (nSPS) is 16.2. The Balaban J connectivity index is -0.000000455. The van der Waals surface area contributed by atoms with Crippen molar-refractivity contribution >= 4 is 42.4 Å². The third kappa shape index (κ3) is 21.8. The number of halogens is 9. The molecule has 0 saturated carbocycles. The first kappa shape index (κ1) is 41.4. The van der Waals surface area contributed by atoms with Gasteiger partial charge < -0.3 is 10.2 Å². The van der Waals surface area contributed by atoms with E-state index in [2.05, 4.69) is 20.8 Å². The summed E-state index contributed by atoms with van der Waals surface area (Å²) in [4.78, 5) is 0. The molecular weight excluding hydrogens is 718 g/mol. The van der Waals surface area contributed by atoms with Gasteiger partial charge in [-0.15, -0.1) is 0 Å². The van der Waals surface area contributed by atoms with Crippen LogP contribution < -0.4 is 0 Å². The molecule has 0 aromatic rings. The summed E-state index contributed by atoms with van der Waals surface area (Å²) in [6.07, 6.45) is -2.39.